The second-order valence-corrected chi connectivity index (χ2v) is 9.07. The van der Waals surface area contributed by atoms with Crippen molar-refractivity contribution in [3.05, 3.63) is 29.3 Å². The number of quaternary nitrogens is 1. The fraction of sp³-hybridized carbons (Fsp3) is 0.529. The molecule has 0 bridgehead atoms. The van der Waals surface area contributed by atoms with Gasteiger partial charge >= 0.3 is 0 Å². The zero-order chi connectivity index (χ0) is 20.0. The van der Waals surface area contributed by atoms with Crippen molar-refractivity contribution in [3.8, 4) is 0 Å². The van der Waals surface area contributed by atoms with Crippen LogP contribution in [0.1, 0.15) is 13.8 Å². The maximum Gasteiger partial charge on any atom is 0.275 e. The normalized spacial score (nSPS) is 16.3. The van der Waals surface area contributed by atoms with Crippen molar-refractivity contribution in [3.63, 3.8) is 0 Å². The molecule has 2 amide bonds. The fourth-order valence-corrected chi connectivity index (χ4v) is 4.79. The highest BCUT2D eigenvalue weighted by Gasteiger charge is 2.32. The second kappa shape index (κ2) is 9.50. The van der Waals surface area contributed by atoms with Crippen LogP contribution in [0.5, 0.6) is 0 Å². The number of halogens is 1. The summed E-state index contributed by atoms with van der Waals surface area (Å²) in [6.07, 6.45) is 0. The first-order valence-corrected chi connectivity index (χ1v) is 10.7. The Hall–Kier alpha value is -1.68. The summed E-state index contributed by atoms with van der Waals surface area (Å²) in [6, 6.07) is 6.39. The second-order valence-electron chi connectivity index (χ2n) is 6.76. The number of nitrogens with one attached hydrogen (secondary N) is 3. The maximum absolute atomic E-state index is 12.7. The SMILES string of the molecule is CC(C)NC(=O)CNC(=O)C[NH+]1CCN(S(=O)(=O)c2ccccc2Cl)CC1. The Balaban J connectivity index is 1.82. The molecule has 1 fully saturated rings. The Morgan fingerprint density at radius 1 is 1.19 bits per heavy atom. The number of amides is 2. The molecule has 3 N–H and O–H groups in total. The summed E-state index contributed by atoms with van der Waals surface area (Å²) in [5, 5.41) is 5.49. The molecule has 1 aromatic carbocycles. The average Bonchev–Trinajstić information content (AvgIpc) is 2.60. The standard InChI is InChI=1S/C17H25ClN4O4S/c1-13(2)20-16(23)11-19-17(24)12-21-7-9-22(10-8-21)27(25,26)15-6-4-3-5-14(15)18/h3-6,13H,7-12H2,1-2H3,(H,19,24)(H,20,23)/p+1. The molecular formula is C17H26ClN4O4S+. The van der Waals surface area contributed by atoms with Gasteiger partial charge in [0.1, 0.15) is 4.90 Å². The highest BCUT2D eigenvalue weighted by molar-refractivity contribution is 7.89. The van der Waals surface area contributed by atoms with Crippen LogP contribution in [0.4, 0.5) is 0 Å². The highest BCUT2D eigenvalue weighted by atomic mass is 35.5. The first-order valence-electron chi connectivity index (χ1n) is 8.84. The molecule has 1 saturated heterocycles. The van der Waals surface area contributed by atoms with E-state index in [4.69, 9.17) is 11.6 Å². The molecule has 1 heterocycles. The van der Waals surface area contributed by atoms with Crippen molar-refractivity contribution < 1.29 is 22.9 Å². The Morgan fingerprint density at radius 3 is 2.41 bits per heavy atom. The molecule has 8 nitrogen and oxygen atoms in total. The molecule has 0 aliphatic carbocycles. The number of carbonyl (C=O) groups excluding carboxylic acids is 2. The van der Waals surface area contributed by atoms with Crippen molar-refractivity contribution in [2.75, 3.05) is 39.3 Å². The van der Waals surface area contributed by atoms with E-state index < -0.39 is 10.0 Å². The number of nitrogens with zero attached hydrogens (tertiary/aromatic N) is 1. The van der Waals surface area contributed by atoms with Crippen molar-refractivity contribution in [1.82, 2.24) is 14.9 Å². The van der Waals surface area contributed by atoms with Gasteiger partial charge in [0.2, 0.25) is 15.9 Å². The minimum absolute atomic E-state index is 0.0215. The topological polar surface area (TPSA) is 100 Å². The zero-order valence-electron chi connectivity index (χ0n) is 15.5. The molecule has 2 rings (SSSR count). The molecule has 0 aromatic heterocycles. The lowest BCUT2D eigenvalue weighted by Gasteiger charge is -2.31. The van der Waals surface area contributed by atoms with Gasteiger partial charge in [0, 0.05) is 6.04 Å². The van der Waals surface area contributed by atoms with Crippen LogP contribution in [-0.4, -0.2) is 69.8 Å². The zero-order valence-corrected chi connectivity index (χ0v) is 17.1. The number of hydrogen-bond donors (Lipinski definition) is 3. The van der Waals surface area contributed by atoms with Crippen molar-refractivity contribution in [2.24, 2.45) is 0 Å². The summed E-state index contributed by atoms with van der Waals surface area (Å²) in [5.74, 6) is -0.463. The average molecular weight is 418 g/mol. The van der Waals surface area contributed by atoms with E-state index in [2.05, 4.69) is 10.6 Å². The molecule has 0 spiro atoms. The Labute approximate surface area is 164 Å². The minimum Gasteiger partial charge on any atom is -0.352 e. The van der Waals surface area contributed by atoms with Gasteiger partial charge in [-0.25, -0.2) is 8.42 Å². The van der Waals surface area contributed by atoms with E-state index in [0.717, 1.165) is 4.90 Å². The monoisotopic (exact) mass is 417 g/mol. The van der Waals surface area contributed by atoms with Gasteiger partial charge < -0.3 is 15.5 Å². The lowest BCUT2D eigenvalue weighted by molar-refractivity contribution is -0.895. The van der Waals surface area contributed by atoms with E-state index in [1.165, 1.54) is 10.4 Å². The van der Waals surface area contributed by atoms with E-state index in [-0.39, 0.29) is 40.9 Å². The van der Waals surface area contributed by atoms with Gasteiger partial charge in [-0.05, 0) is 26.0 Å². The molecule has 0 atom stereocenters. The number of sulfonamides is 1. The predicted molar refractivity (Wildman–Crippen MR) is 102 cm³/mol. The minimum atomic E-state index is -3.64. The van der Waals surface area contributed by atoms with Crippen molar-refractivity contribution in [2.45, 2.75) is 24.8 Å². The van der Waals surface area contributed by atoms with Gasteiger partial charge in [-0.1, -0.05) is 23.7 Å². The third-order valence-corrected chi connectivity index (χ3v) is 6.59. The number of carbonyl (C=O) groups is 2. The van der Waals surface area contributed by atoms with Crippen LogP contribution < -0.4 is 15.5 Å². The van der Waals surface area contributed by atoms with Gasteiger partial charge in [0.25, 0.3) is 5.91 Å². The largest absolute Gasteiger partial charge is 0.352 e. The van der Waals surface area contributed by atoms with Crippen LogP contribution in [-0.2, 0) is 19.6 Å². The van der Waals surface area contributed by atoms with Crippen LogP contribution in [0.3, 0.4) is 0 Å². The summed E-state index contributed by atoms with van der Waals surface area (Å²) < 4.78 is 26.8. The van der Waals surface area contributed by atoms with Gasteiger partial charge in [0.15, 0.2) is 6.54 Å². The molecule has 0 radical (unpaired) electrons. The summed E-state index contributed by atoms with van der Waals surface area (Å²) >= 11 is 6.02. The van der Waals surface area contributed by atoms with Gasteiger partial charge in [-0.15, -0.1) is 0 Å². The molecule has 150 valence electrons. The van der Waals surface area contributed by atoms with Crippen LogP contribution in [0, 0.1) is 0 Å². The molecule has 27 heavy (non-hydrogen) atoms. The lowest BCUT2D eigenvalue weighted by Crippen LogP contribution is -3.15. The van der Waals surface area contributed by atoms with E-state index in [0.29, 0.717) is 26.2 Å². The smallest absolute Gasteiger partial charge is 0.275 e. The summed E-state index contributed by atoms with van der Waals surface area (Å²) in [7, 11) is -3.64. The van der Waals surface area contributed by atoms with Crippen LogP contribution in [0.25, 0.3) is 0 Å². The highest BCUT2D eigenvalue weighted by Crippen LogP contribution is 2.23. The first kappa shape index (κ1) is 21.6. The Morgan fingerprint density at radius 2 is 1.81 bits per heavy atom. The van der Waals surface area contributed by atoms with E-state index in [9.17, 15) is 18.0 Å². The maximum atomic E-state index is 12.7. The van der Waals surface area contributed by atoms with E-state index in [1.54, 1.807) is 18.2 Å². The van der Waals surface area contributed by atoms with Gasteiger partial charge in [-0.3, -0.25) is 9.59 Å². The van der Waals surface area contributed by atoms with Crippen molar-refractivity contribution in [1.29, 1.82) is 0 Å². The quantitative estimate of drug-likeness (QED) is 0.522. The van der Waals surface area contributed by atoms with Crippen LogP contribution in [0.2, 0.25) is 5.02 Å². The third-order valence-electron chi connectivity index (χ3n) is 4.19. The summed E-state index contributed by atoms with van der Waals surface area (Å²) in [5.41, 5.74) is 0. The molecular weight excluding hydrogens is 392 g/mol. The molecule has 1 aliphatic rings. The number of rotatable bonds is 7. The van der Waals surface area contributed by atoms with Crippen LogP contribution >= 0.6 is 11.6 Å². The number of benzene rings is 1. The molecule has 1 aromatic rings. The van der Waals surface area contributed by atoms with Crippen molar-refractivity contribution >= 4 is 33.4 Å². The number of hydrogen-bond acceptors (Lipinski definition) is 4. The fourth-order valence-electron chi connectivity index (χ4n) is 2.85. The molecule has 10 heteroatoms. The van der Waals surface area contributed by atoms with E-state index in [1.807, 2.05) is 13.8 Å². The van der Waals surface area contributed by atoms with Crippen LogP contribution in [0.15, 0.2) is 29.2 Å². The predicted octanol–water partition coefficient (Wildman–Crippen LogP) is -1.13. The molecule has 0 saturated carbocycles. The van der Waals surface area contributed by atoms with E-state index >= 15 is 0 Å². The Kier molecular flexibility index (Phi) is 7.60. The first-order chi connectivity index (χ1) is 12.7. The third kappa shape index (κ3) is 6.17. The van der Waals surface area contributed by atoms with Gasteiger partial charge in [0.05, 0.1) is 37.7 Å². The summed E-state index contributed by atoms with van der Waals surface area (Å²) in [6.45, 7) is 5.48. The van der Waals surface area contributed by atoms with Gasteiger partial charge in [-0.2, -0.15) is 4.31 Å². The summed E-state index contributed by atoms with van der Waals surface area (Å²) in [4.78, 5) is 24.6. The molecule has 1 aliphatic heterocycles. The molecule has 0 unspecified atom stereocenters. The lowest BCUT2D eigenvalue weighted by atomic mass is 10.3. The number of piperazine rings is 1. The Bertz CT molecular complexity index is 777.